The summed E-state index contributed by atoms with van der Waals surface area (Å²) in [6.07, 6.45) is -0.479. The lowest BCUT2D eigenvalue weighted by Gasteiger charge is -2.20. The van der Waals surface area contributed by atoms with Gasteiger partial charge in [0.15, 0.2) is 5.15 Å². The first-order valence-electron chi connectivity index (χ1n) is 8.64. The Kier molecular flexibility index (Phi) is 6.08. The van der Waals surface area contributed by atoms with Gasteiger partial charge in [-0.25, -0.2) is 14.8 Å². The van der Waals surface area contributed by atoms with Gasteiger partial charge in [0, 0.05) is 5.39 Å². The molecule has 0 aliphatic rings. The van der Waals surface area contributed by atoms with Crippen LogP contribution in [0, 0.1) is 6.92 Å². The van der Waals surface area contributed by atoms with Crippen molar-refractivity contribution in [3.05, 3.63) is 35.2 Å². The number of pyridine rings is 1. The van der Waals surface area contributed by atoms with Crippen LogP contribution in [0.15, 0.2) is 24.3 Å². The van der Waals surface area contributed by atoms with Gasteiger partial charge in [0.25, 0.3) is 0 Å². The number of benzene rings is 1. The highest BCUT2D eigenvalue weighted by Crippen LogP contribution is 2.29. The number of ether oxygens (including phenoxy) is 1. The monoisotopic (exact) mass is 376 g/mol. The summed E-state index contributed by atoms with van der Waals surface area (Å²) in [6.45, 7) is 11.6. The van der Waals surface area contributed by atoms with Crippen LogP contribution in [-0.4, -0.2) is 26.2 Å². The molecular weight excluding hydrogens is 352 g/mol. The van der Waals surface area contributed by atoms with Crippen molar-refractivity contribution in [3.63, 3.8) is 0 Å². The quantitative estimate of drug-likeness (QED) is 0.635. The molecule has 0 spiro atoms. The third-order valence-electron chi connectivity index (χ3n) is 3.51. The maximum absolute atomic E-state index is 11.9. The Bertz CT molecular complexity index is 929. The van der Waals surface area contributed by atoms with Crippen LogP contribution in [0.1, 0.15) is 40.4 Å². The number of hydrogen-bond donors (Lipinski definition) is 1. The Labute approximate surface area is 158 Å². The zero-order valence-electron chi connectivity index (χ0n) is 16.1. The van der Waals surface area contributed by atoms with E-state index in [4.69, 9.17) is 16.3 Å². The predicted molar refractivity (Wildman–Crippen MR) is 105 cm³/mol. The summed E-state index contributed by atoms with van der Waals surface area (Å²) in [7, 11) is 0. The van der Waals surface area contributed by atoms with Crippen LogP contribution in [0.4, 0.5) is 4.79 Å². The molecule has 3 aromatic rings. The molecule has 3 rings (SSSR count). The zero-order chi connectivity index (χ0) is 19.5. The van der Waals surface area contributed by atoms with Gasteiger partial charge in [0.1, 0.15) is 16.9 Å². The van der Waals surface area contributed by atoms with Gasteiger partial charge in [-0.15, -0.1) is 0 Å². The number of carbonyl (C=O) groups is 1. The molecule has 26 heavy (non-hydrogen) atoms. The first-order valence-corrected chi connectivity index (χ1v) is 9.02. The van der Waals surface area contributed by atoms with Gasteiger partial charge in [-0.3, -0.25) is 0 Å². The van der Waals surface area contributed by atoms with E-state index in [-0.39, 0.29) is 6.67 Å². The molecule has 140 valence electrons. The normalized spacial score (nSPS) is 11.2. The number of fused-ring (bicyclic) bond motifs is 3. The molecule has 0 aliphatic heterocycles. The van der Waals surface area contributed by atoms with Gasteiger partial charge in [-0.05, 0) is 33.8 Å². The molecule has 0 radical (unpaired) electrons. The number of rotatable bonds is 2. The fourth-order valence-corrected chi connectivity index (χ4v) is 2.79. The highest BCUT2D eigenvalue weighted by Gasteiger charge is 2.18. The Balaban J connectivity index is 0.00000117. The number of halogens is 1. The van der Waals surface area contributed by atoms with Crippen molar-refractivity contribution in [1.29, 1.82) is 0 Å². The molecular formula is C19H25ClN4O2. The minimum atomic E-state index is -0.546. The molecule has 0 aliphatic carbocycles. The van der Waals surface area contributed by atoms with E-state index < -0.39 is 11.7 Å². The molecule has 7 heteroatoms. The van der Waals surface area contributed by atoms with E-state index in [1.54, 1.807) is 0 Å². The van der Waals surface area contributed by atoms with Crippen LogP contribution in [0.5, 0.6) is 0 Å². The fraction of sp³-hybridized carbons (Fsp3) is 0.421. The minimum absolute atomic E-state index is 0.238. The number of nitrogens with zero attached hydrogens (tertiary/aromatic N) is 3. The number of aryl methyl sites for hydroxylation is 1. The van der Waals surface area contributed by atoms with E-state index in [9.17, 15) is 4.79 Å². The number of alkyl carbamates (subject to hydrolysis) is 1. The smallest absolute Gasteiger partial charge is 0.409 e. The van der Waals surface area contributed by atoms with Crippen molar-refractivity contribution in [3.8, 4) is 0 Å². The van der Waals surface area contributed by atoms with Crippen LogP contribution in [0.3, 0.4) is 0 Å². The van der Waals surface area contributed by atoms with Crippen molar-refractivity contribution in [1.82, 2.24) is 19.9 Å². The number of nitrogens with one attached hydrogen (secondary N) is 1. The molecule has 0 saturated carbocycles. The Hall–Kier alpha value is -2.34. The zero-order valence-corrected chi connectivity index (χ0v) is 16.8. The number of para-hydroxylation sites is 1. The second-order valence-corrected chi connectivity index (χ2v) is 6.90. The number of imidazole rings is 1. The summed E-state index contributed by atoms with van der Waals surface area (Å²) in [4.78, 5) is 20.8. The first-order chi connectivity index (χ1) is 12.3. The molecule has 2 heterocycles. The summed E-state index contributed by atoms with van der Waals surface area (Å²) < 4.78 is 7.17. The first kappa shape index (κ1) is 20.0. The van der Waals surface area contributed by atoms with Crippen molar-refractivity contribution in [2.24, 2.45) is 0 Å². The van der Waals surface area contributed by atoms with Crippen molar-refractivity contribution < 1.29 is 9.53 Å². The third-order valence-corrected chi connectivity index (χ3v) is 3.78. The molecule has 1 aromatic carbocycles. The van der Waals surface area contributed by atoms with E-state index in [2.05, 4.69) is 15.3 Å². The van der Waals surface area contributed by atoms with E-state index in [1.165, 1.54) is 0 Å². The topological polar surface area (TPSA) is 69.0 Å². The Morgan fingerprint density at radius 2 is 1.88 bits per heavy atom. The lowest BCUT2D eigenvalue weighted by molar-refractivity contribution is 0.0512. The van der Waals surface area contributed by atoms with Gasteiger partial charge >= 0.3 is 6.09 Å². The van der Waals surface area contributed by atoms with Gasteiger partial charge in [0.05, 0.1) is 17.7 Å². The molecule has 0 unspecified atom stereocenters. The third kappa shape index (κ3) is 4.25. The number of carbonyl (C=O) groups excluding carboxylic acids is 1. The van der Waals surface area contributed by atoms with Gasteiger partial charge < -0.3 is 14.6 Å². The molecule has 0 fully saturated rings. The maximum atomic E-state index is 11.9. The fourth-order valence-electron chi connectivity index (χ4n) is 2.56. The molecule has 1 amide bonds. The highest BCUT2D eigenvalue weighted by atomic mass is 35.5. The molecule has 0 saturated heterocycles. The minimum Gasteiger partial charge on any atom is -0.444 e. The average molecular weight is 377 g/mol. The largest absolute Gasteiger partial charge is 0.444 e. The van der Waals surface area contributed by atoms with Crippen molar-refractivity contribution in [2.75, 3.05) is 0 Å². The van der Waals surface area contributed by atoms with Gasteiger partial charge in [0.2, 0.25) is 0 Å². The van der Waals surface area contributed by atoms with Crippen molar-refractivity contribution >= 4 is 39.6 Å². The summed E-state index contributed by atoms with van der Waals surface area (Å²) in [5.74, 6) is 0.737. The molecule has 0 bridgehead atoms. The summed E-state index contributed by atoms with van der Waals surface area (Å²) >= 11 is 6.27. The SMILES string of the molecule is CC.Cc1nc2c(Cl)nc3ccccc3c2n1CNC(=O)OC(C)(C)C. The summed E-state index contributed by atoms with van der Waals surface area (Å²) in [5, 5.41) is 4.04. The van der Waals surface area contributed by atoms with Gasteiger partial charge in [-0.2, -0.15) is 0 Å². The molecule has 6 nitrogen and oxygen atoms in total. The number of aromatic nitrogens is 3. The van der Waals surface area contributed by atoms with E-state index in [1.807, 2.05) is 70.4 Å². The Morgan fingerprint density at radius 1 is 1.23 bits per heavy atom. The van der Waals surface area contributed by atoms with Crippen LogP contribution < -0.4 is 5.32 Å². The van der Waals surface area contributed by atoms with Gasteiger partial charge in [-0.1, -0.05) is 43.6 Å². The number of hydrogen-bond acceptors (Lipinski definition) is 4. The lowest BCUT2D eigenvalue weighted by Crippen LogP contribution is -2.33. The average Bonchev–Trinajstić information content (AvgIpc) is 2.91. The lowest BCUT2D eigenvalue weighted by atomic mass is 10.2. The van der Waals surface area contributed by atoms with Crippen LogP contribution >= 0.6 is 11.6 Å². The predicted octanol–water partition coefficient (Wildman–Crippen LogP) is 5.05. The molecule has 1 N–H and O–H groups in total. The second kappa shape index (κ2) is 7.91. The standard InChI is InChI=1S/C17H19ClN4O2.C2H6/c1-10-20-13-14(11-7-5-6-8-12(11)21-15(13)18)22(10)9-19-16(23)24-17(2,3)4;1-2/h5-8H,9H2,1-4H3,(H,19,23);1-2H3. The van der Waals surface area contributed by atoms with Crippen molar-refractivity contribution in [2.45, 2.75) is 53.8 Å². The maximum Gasteiger partial charge on any atom is 0.409 e. The second-order valence-electron chi connectivity index (χ2n) is 6.54. The van der Waals surface area contributed by atoms with E-state index >= 15 is 0 Å². The highest BCUT2D eigenvalue weighted by molar-refractivity contribution is 6.35. The van der Waals surface area contributed by atoms with Crippen LogP contribution in [0.25, 0.3) is 21.9 Å². The summed E-state index contributed by atoms with van der Waals surface area (Å²) in [5.41, 5.74) is 1.71. The van der Waals surface area contributed by atoms with E-state index in [0.717, 1.165) is 22.2 Å². The van der Waals surface area contributed by atoms with Crippen LogP contribution in [-0.2, 0) is 11.4 Å². The van der Waals surface area contributed by atoms with Crippen LogP contribution in [0.2, 0.25) is 5.15 Å². The Morgan fingerprint density at radius 3 is 2.54 bits per heavy atom. The summed E-state index contributed by atoms with van der Waals surface area (Å²) in [6, 6.07) is 7.70. The number of amides is 1. The molecule has 0 atom stereocenters. The van der Waals surface area contributed by atoms with E-state index in [0.29, 0.717) is 10.7 Å². The molecule has 2 aromatic heterocycles.